The Hall–Kier alpha value is -3.72. The van der Waals surface area contributed by atoms with Gasteiger partial charge in [0.15, 0.2) is 6.10 Å². The molecule has 1 aromatic rings. The van der Waals surface area contributed by atoms with Crippen LogP contribution in [0.2, 0.25) is 0 Å². The molecule has 44 heavy (non-hydrogen) atoms. The fourth-order valence-corrected chi connectivity index (χ4v) is 7.70. The molecule has 2 saturated carbocycles. The van der Waals surface area contributed by atoms with Crippen molar-refractivity contribution in [2.45, 2.75) is 104 Å². The molecule has 3 aliphatic rings. The van der Waals surface area contributed by atoms with E-state index in [0.717, 1.165) is 5.56 Å². The van der Waals surface area contributed by atoms with Gasteiger partial charge in [-0.15, -0.1) is 0 Å². The number of rotatable bonds is 7. The van der Waals surface area contributed by atoms with Gasteiger partial charge in [0.05, 0.1) is 5.60 Å². The van der Waals surface area contributed by atoms with Crippen molar-refractivity contribution in [3.63, 3.8) is 0 Å². The first-order valence-electron chi connectivity index (χ1n) is 15.1. The Labute approximate surface area is 259 Å². The van der Waals surface area contributed by atoms with Crippen LogP contribution in [-0.2, 0) is 38.1 Å². The molecule has 2 fully saturated rings. The number of hydrogen-bond acceptors (Lipinski definition) is 9. The fraction of sp³-hybridized carbons (Fsp3) is 0.543. The SMILES string of the molecule is C=C1C(OC(=O)C=Cc2ccccc2)CCC2(C)C1CC1(C(C)(C)O)CC(OC(C)=O)C(C)=C1C(OC(C)=O)C2OC(C)=O. The topological polar surface area (TPSA) is 125 Å². The second-order valence-electron chi connectivity index (χ2n) is 13.1. The Kier molecular flexibility index (Phi) is 9.31. The van der Waals surface area contributed by atoms with E-state index in [2.05, 4.69) is 6.58 Å². The van der Waals surface area contributed by atoms with Crippen LogP contribution >= 0.6 is 0 Å². The molecule has 0 bridgehead atoms. The molecule has 4 rings (SSSR count). The largest absolute Gasteiger partial charge is 0.458 e. The Morgan fingerprint density at radius 3 is 2.11 bits per heavy atom. The third-order valence-electron chi connectivity index (χ3n) is 9.86. The molecule has 9 heteroatoms. The second kappa shape index (κ2) is 12.3. The summed E-state index contributed by atoms with van der Waals surface area (Å²) in [5, 5.41) is 11.9. The number of hydrogen-bond donors (Lipinski definition) is 1. The van der Waals surface area contributed by atoms with Gasteiger partial charge in [-0.25, -0.2) is 4.79 Å². The molecule has 0 radical (unpaired) electrons. The van der Waals surface area contributed by atoms with Crippen LogP contribution in [-0.4, -0.2) is 59.0 Å². The Bertz CT molecular complexity index is 1380. The van der Waals surface area contributed by atoms with Crippen molar-refractivity contribution < 1.29 is 43.2 Å². The van der Waals surface area contributed by atoms with Gasteiger partial charge in [0.25, 0.3) is 0 Å². The minimum absolute atomic E-state index is 0.228. The van der Waals surface area contributed by atoms with Gasteiger partial charge in [-0.2, -0.15) is 0 Å². The van der Waals surface area contributed by atoms with Crippen LogP contribution in [0.1, 0.15) is 79.7 Å². The third kappa shape index (κ3) is 6.25. The highest BCUT2D eigenvalue weighted by Crippen LogP contribution is 2.65. The number of aliphatic hydroxyl groups is 1. The van der Waals surface area contributed by atoms with E-state index in [9.17, 15) is 24.3 Å². The van der Waals surface area contributed by atoms with Crippen LogP contribution in [0, 0.1) is 16.7 Å². The summed E-state index contributed by atoms with van der Waals surface area (Å²) in [7, 11) is 0. The highest BCUT2D eigenvalue weighted by atomic mass is 16.6. The Morgan fingerprint density at radius 2 is 1.55 bits per heavy atom. The lowest BCUT2D eigenvalue weighted by Gasteiger charge is -2.50. The molecule has 0 spiro atoms. The first kappa shape index (κ1) is 33.2. The van der Waals surface area contributed by atoms with E-state index in [4.69, 9.17) is 18.9 Å². The number of ether oxygens (including phenoxy) is 4. The van der Waals surface area contributed by atoms with E-state index < -0.39 is 70.6 Å². The van der Waals surface area contributed by atoms with E-state index in [-0.39, 0.29) is 6.42 Å². The van der Waals surface area contributed by atoms with Gasteiger partial charge in [-0.05, 0) is 74.3 Å². The lowest BCUT2D eigenvalue weighted by molar-refractivity contribution is -0.178. The molecule has 7 unspecified atom stereocenters. The van der Waals surface area contributed by atoms with Crippen molar-refractivity contribution in [3.05, 3.63) is 65.3 Å². The number of esters is 4. The second-order valence-corrected chi connectivity index (χ2v) is 13.1. The standard InChI is InChI=1S/C35H44O9/c1-20-26-18-35(33(6,7)40)19-28(41-22(3)36)21(2)30(35)31(42-23(4)37)32(43-24(5)38)34(26,8)17-16-27(20)44-29(39)15-14-25-12-10-9-11-13-25/h9-15,26-28,31-32,40H,1,16-19H2,2-8H3. The minimum Gasteiger partial charge on any atom is -0.458 e. The lowest BCUT2D eigenvalue weighted by Crippen LogP contribution is -2.52. The van der Waals surface area contributed by atoms with Crippen molar-refractivity contribution in [1.82, 2.24) is 0 Å². The van der Waals surface area contributed by atoms with Gasteiger partial charge >= 0.3 is 23.9 Å². The van der Waals surface area contributed by atoms with Crippen molar-refractivity contribution >= 4 is 30.0 Å². The molecule has 3 aliphatic carbocycles. The van der Waals surface area contributed by atoms with Gasteiger partial charge in [-0.3, -0.25) is 14.4 Å². The molecular formula is C35H44O9. The summed E-state index contributed by atoms with van der Waals surface area (Å²) in [4.78, 5) is 50.3. The zero-order valence-corrected chi connectivity index (χ0v) is 26.7. The summed E-state index contributed by atoms with van der Waals surface area (Å²) in [6.45, 7) is 15.5. The average molecular weight is 609 g/mol. The summed E-state index contributed by atoms with van der Waals surface area (Å²) in [5.74, 6) is -2.58. The predicted molar refractivity (Wildman–Crippen MR) is 163 cm³/mol. The van der Waals surface area contributed by atoms with Crippen LogP contribution in [0.3, 0.4) is 0 Å². The van der Waals surface area contributed by atoms with Crippen molar-refractivity contribution in [1.29, 1.82) is 0 Å². The summed E-state index contributed by atoms with van der Waals surface area (Å²) >= 11 is 0. The highest BCUT2D eigenvalue weighted by molar-refractivity contribution is 5.87. The van der Waals surface area contributed by atoms with E-state index in [1.807, 2.05) is 37.3 Å². The molecular weight excluding hydrogens is 564 g/mol. The van der Waals surface area contributed by atoms with E-state index in [1.54, 1.807) is 26.8 Å². The molecule has 9 nitrogen and oxygen atoms in total. The summed E-state index contributed by atoms with van der Waals surface area (Å²) in [6, 6.07) is 9.40. The molecule has 0 aliphatic heterocycles. The van der Waals surface area contributed by atoms with E-state index >= 15 is 0 Å². The van der Waals surface area contributed by atoms with Crippen LogP contribution in [0.4, 0.5) is 0 Å². The first-order valence-corrected chi connectivity index (χ1v) is 15.1. The summed E-state index contributed by atoms with van der Waals surface area (Å²) in [6.07, 6.45) is 1.12. The maximum Gasteiger partial charge on any atom is 0.331 e. The maximum absolute atomic E-state index is 12.9. The molecule has 0 aromatic heterocycles. The Balaban J connectivity index is 1.82. The van der Waals surface area contributed by atoms with Gasteiger partial charge < -0.3 is 24.1 Å². The quantitative estimate of drug-likeness (QED) is 0.191. The molecule has 0 amide bonds. The monoisotopic (exact) mass is 608 g/mol. The summed E-state index contributed by atoms with van der Waals surface area (Å²) < 4.78 is 23.7. The van der Waals surface area contributed by atoms with Crippen LogP contribution in [0.25, 0.3) is 6.08 Å². The molecule has 238 valence electrons. The van der Waals surface area contributed by atoms with Crippen molar-refractivity contribution in [3.8, 4) is 0 Å². The van der Waals surface area contributed by atoms with Crippen molar-refractivity contribution in [2.75, 3.05) is 0 Å². The van der Waals surface area contributed by atoms with Crippen LogP contribution in [0.15, 0.2) is 59.7 Å². The maximum atomic E-state index is 12.9. The minimum atomic E-state index is -1.40. The predicted octanol–water partition coefficient (Wildman–Crippen LogP) is 5.26. The Morgan fingerprint density at radius 1 is 0.932 bits per heavy atom. The van der Waals surface area contributed by atoms with Gasteiger partial charge in [0, 0.05) is 44.1 Å². The van der Waals surface area contributed by atoms with Gasteiger partial charge in [0.1, 0.15) is 18.3 Å². The zero-order chi connectivity index (χ0) is 32.6. The molecule has 1 aromatic carbocycles. The number of carbonyl (C=O) groups is 4. The summed E-state index contributed by atoms with van der Waals surface area (Å²) in [5.41, 5.74) is -0.566. The number of benzene rings is 1. The fourth-order valence-electron chi connectivity index (χ4n) is 7.70. The smallest absolute Gasteiger partial charge is 0.331 e. The van der Waals surface area contributed by atoms with E-state index in [1.165, 1.54) is 26.8 Å². The normalized spacial score (nSPS) is 31.9. The number of carbonyl (C=O) groups excluding carboxylic acids is 4. The van der Waals surface area contributed by atoms with Gasteiger partial charge in [0.2, 0.25) is 0 Å². The van der Waals surface area contributed by atoms with Crippen LogP contribution < -0.4 is 0 Å². The molecule has 1 N–H and O–H groups in total. The van der Waals surface area contributed by atoms with Gasteiger partial charge in [-0.1, -0.05) is 43.8 Å². The highest BCUT2D eigenvalue weighted by Gasteiger charge is 2.66. The number of fused-ring (bicyclic) bond motifs is 2. The third-order valence-corrected chi connectivity index (χ3v) is 9.86. The zero-order valence-electron chi connectivity index (χ0n) is 26.7. The van der Waals surface area contributed by atoms with E-state index in [0.29, 0.717) is 36.0 Å². The first-order chi connectivity index (χ1) is 20.5. The molecule has 0 heterocycles. The average Bonchev–Trinajstić information content (AvgIpc) is 3.15. The molecule has 7 atom stereocenters. The lowest BCUT2D eigenvalue weighted by atomic mass is 9.57. The van der Waals surface area contributed by atoms with Crippen LogP contribution in [0.5, 0.6) is 0 Å². The van der Waals surface area contributed by atoms with Crippen molar-refractivity contribution in [2.24, 2.45) is 16.7 Å². The molecule has 0 saturated heterocycles.